The average Bonchev–Trinajstić information content (AvgIpc) is 2.90. The fourth-order valence-electron chi connectivity index (χ4n) is 2.53. The van der Waals surface area contributed by atoms with Gasteiger partial charge in [-0.05, 0) is 59.8 Å². The van der Waals surface area contributed by atoms with E-state index in [-0.39, 0.29) is 12.3 Å². The Hall–Kier alpha value is -2.57. The zero-order valence-electron chi connectivity index (χ0n) is 14.8. The van der Waals surface area contributed by atoms with E-state index in [4.69, 9.17) is 11.6 Å². The summed E-state index contributed by atoms with van der Waals surface area (Å²) in [4.78, 5) is 40.3. The fourth-order valence-corrected chi connectivity index (χ4v) is 3.49. The molecule has 0 unspecified atom stereocenters. The number of rotatable bonds is 5. The van der Waals surface area contributed by atoms with Gasteiger partial charge in [0.2, 0.25) is 0 Å². The van der Waals surface area contributed by atoms with Crippen LogP contribution in [0.3, 0.4) is 0 Å². The molecular formula is C20H17ClN2O3S. The van der Waals surface area contributed by atoms with Gasteiger partial charge < -0.3 is 4.90 Å². The first-order chi connectivity index (χ1) is 12.8. The molecule has 1 fully saturated rings. The normalized spacial score (nSPS) is 15.5. The van der Waals surface area contributed by atoms with E-state index in [1.165, 1.54) is 0 Å². The molecule has 1 aliphatic heterocycles. The summed E-state index contributed by atoms with van der Waals surface area (Å²) in [7, 11) is 3.89. The molecule has 0 radical (unpaired) electrons. The van der Waals surface area contributed by atoms with Crippen molar-refractivity contribution >= 4 is 52.1 Å². The number of amides is 2. The van der Waals surface area contributed by atoms with Crippen LogP contribution in [0.2, 0.25) is 5.02 Å². The van der Waals surface area contributed by atoms with E-state index < -0.39 is 11.1 Å². The van der Waals surface area contributed by atoms with Gasteiger partial charge in [0.05, 0.1) is 11.4 Å². The van der Waals surface area contributed by atoms with Crippen molar-refractivity contribution in [1.82, 2.24) is 4.90 Å². The maximum atomic E-state index is 12.6. The number of imide groups is 1. The summed E-state index contributed by atoms with van der Waals surface area (Å²) in [5, 5.41) is 0.0689. The third-order valence-corrected chi connectivity index (χ3v) is 5.21. The molecule has 0 bridgehead atoms. The number of ketones is 1. The Labute approximate surface area is 166 Å². The first-order valence-corrected chi connectivity index (χ1v) is 9.36. The van der Waals surface area contributed by atoms with E-state index in [0.717, 1.165) is 27.9 Å². The molecule has 27 heavy (non-hydrogen) atoms. The molecule has 138 valence electrons. The van der Waals surface area contributed by atoms with Crippen LogP contribution in [-0.4, -0.2) is 42.5 Å². The van der Waals surface area contributed by atoms with Crippen LogP contribution in [-0.2, 0) is 4.79 Å². The van der Waals surface area contributed by atoms with Crippen LogP contribution in [0.4, 0.5) is 10.5 Å². The van der Waals surface area contributed by atoms with Gasteiger partial charge in [0.15, 0.2) is 5.78 Å². The Balaban J connectivity index is 1.74. The zero-order valence-corrected chi connectivity index (χ0v) is 16.4. The monoisotopic (exact) mass is 400 g/mol. The molecule has 1 heterocycles. The van der Waals surface area contributed by atoms with Crippen molar-refractivity contribution in [2.75, 3.05) is 25.5 Å². The molecule has 1 saturated heterocycles. The molecule has 2 aromatic carbocycles. The van der Waals surface area contributed by atoms with Crippen LogP contribution in [0, 0.1) is 0 Å². The number of anilines is 1. The second kappa shape index (κ2) is 7.98. The number of Topliss-reactive ketones (excluding diaryl/α,β-unsaturated/α-hetero) is 1. The maximum absolute atomic E-state index is 12.6. The van der Waals surface area contributed by atoms with E-state index in [1.807, 2.05) is 43.3 Å². The van der Waals surface area contributed by atoms with Gasteiger partial charge in [-0.15, -0.1) is 0 Å². The van der Waals surface area contributed by atoms with Gasteiger partial charge in [0.1, 0.15) is 0 Å². The number of halogens is 1. The highest BCUT2D eigenvalue weighted by atomic mass is 35.5. The van der Waals surface area contributed by atoms with Gasteiger partial charge in [-0.1, -0.05) is 23.7 Å². The van der Waals surface area contributed by atoms with Gasteiger partial charge in [-0.3, -0.25) is 19.3 Å². The quantitative estimate of drug-likeness (QED) is 0.552. The van der Waals surface area contributed by atoms with Crippen molar-refractivity contribution < 1.29 is 14.4 Å². The van der Waals surface area contributed by atoms with Crippen molar-refractivity contribution in [1.29, 1.82) is 0 Å². The third-order valence-electron chi connectivity index (χ3n) is 4.05. The van der Waals surface area contributed by atoms with E-state index in [2.05, 4.69) is 0 Å². The lowest BCUT2D eigenvalue weighted by Gasteiger charge is -2.12. The Bertz CT molecular complexity index is 921. The molecule has 0 spiro atoms. The van der Waals surface area contributed by atoms with Gasteiger partial charge in [-0.2, -0.15) is 0 Å². The largest absolute Gasteiger partial charge is 0.378 e. The molecule has 0 atom stereocenters. The number of carbonyl (C=O) groups excluding carboxylic acids is 3. The van der Waals surface area contributed by atoms with Crippen LogP contribution in [0.1, 0.15) is 15.9 Å². The van der Waals surface area contributed by atoms with Crippen LogP contribution >= 0.6 is 23.4 Å². The number of hydrogen-bond donors (Lipinski definition) is 0. The summed E-state index contributed by atoms with van der Waals surface area (Å²) in [6, 6.07) is 14.0. The lowest BCUT2D eigenvalue weighted by molar-refractivity contribution is -0.122. The van der Waals surface area contributed by atoms with E-state index >= 15 is 0 Å². The first-order valence-electron chi connectivity index (χ1n) is 8.16. The second-order valence-corrected chi connectivity index (χ2v) is 7.61. The topological polar surface area (TPSA) is 57.7 Å². The zero-order chi connectivity index (χ0) is 19.6. The number of carbonyl (C=O) groups is 3. The van der Waals surface area contributed by atoms with Crippen molar-refractivity contribution in [3.8, 4) is 0 Å². The van der Waals surface area contributed by atoms with Crippen LogP contribution in [0.25, 0.3) is 6.08 Å². The molecule has 7 heteroatoms. The highest BCUT2D eigenvalue weighted by molar-refractivity contribution is 8.18. The van der Waals surface area contributed by atoms with E-state index in [0.29, 0.717) is 15.5 Å². The SMILES string of the molecule is CN(C)c1ccc(/C=C2/SC(=O)N(CC(=O)c3ccc(Cl)cc3)C2=O)cc1. The molecule has 0 aliphatic carbocycles. The Morgan fingerprint density at radius 3 is 2.30 bits per heavy atom. The van der Waals surface area contributed by atoms with Crippen LogP contribution < -0.4 is 4.90 Å². The molecule has 2 aromatic rings. The molecule has 0 N–H and O–H groups in total. The first kappa shape index (κ1) is 19.2. The summed E-state index contributed by atoms with van der Waals surface area (Å²) in [6.07, 6.45) is 1.66. The molecular weight excluding hydrogens is 384 g/mol. The number of nitrogens with zero attached hydrogens (tertiary/aromatic N) is 2. The van der Waals surface area contributed by atoms with Crippen molar-refractivity contribution in [2.24, 2.45) is 0 Å². The third kappa shape index (κ3) is 4.40. The number of hydrogen-bond acceptors (Lipinski definition) is 5. The van der Waals surface area contributed by atoms with Gasteiger partial charge in [0, 0.05) is 30.4 Å². The minimum atomic E-state index is -0.455. The summed E-state index contributed by atoms with van der Waals surface area (Å²) in [5.74, 6) is -0.769. The predicted octanol–water partition coefficient (Wildman–Crippen LogP) is 4.33. The Morgan fingerprint density at radius 2 is 1.70 bits per heavy atom. The summed E-state index contributed by atoms with van der Waals surface area (Å²) < 4.78 is 0. The molecule has 1 aliphatic rings. The number of thioether (sulfide) groups is 1. The van der Waals surface area contributed by atoms with Gasteiger partial charge >= 0.3 is 0 Å². The molecule has 5 nitrogen and oxygen atoms in total. The second-order valence-electron chi connectivity index (χ2n) is 6.18. The van der Waals surface area contributed by atoms with Crippen molar-refractivity contribution in [3.63, 3.8) is 0 Å². The van der Waals surface area contributed by atoms with Crippen molar-refractivity contribution in [2.45, 2.75) is 0 Å². The van der Waals surface area contributed by atoms with Crippen LogP contribution in [0.15, 0.2) is 53.4 Å². The summed E-state index contributed by atoms with van der Waals surface area (Å²) >= 11 is 6.65. The smallest absolute Gasteiger partial charge is 0.293 e. The summed E-state index contributed by atoms with van der Waals surface area (Å²) in [5.41, 5.74) is 2.26. The minimum Gasteiger partial charge on any atom is -0.378 e. The summed E-state index contributed by atoms with van der Waals surface area (Å²) in [6.45, 7) is -0.288. The fraction of sp³-hybridized carbons (Fsp3) is 0.150. The average molecular weight is 401 g/mol. The standard InChI is InChI=1S/C20H17ClN2O3S/c1-22(2)16-9-3-13(4-10-16)11-18-19(25)23(20(26)27-18)12-17(24)14-5-7-15(21)8-6-14/h3-11H,12H2,1-2H3/b18-11+. The molecule has 0 saturated carbocycles. The molecule has 2 amide bonds. The maximum Gasteiger partial charge on any atom is 0.293 e. The van der Waals surface area contributed by atoms with E-state index in [1.54, 1.807) is 30.3 Å². The molecule has 0 aromatic heterocycles. The Kier molecular flexibility index (Phi) is 5.68. The van der Waals surface area contributed by atoms with Gasteiger partial charge in [0.25, 0.3) is 11.1 Å². The van der Waals surface area contributed by atoms with Gasteiger partial charge in [-0.25, -0.2) is 0 Å². The highest BCUT2D eigenvalue weighted by Crippen LogP contribution is 2.32. The van der Waals surface area contributed by atoms with E-state index in [9.17, 15) is 14.4 Å². The molecule has 3 rings (SSSR count). The lowest BCUT2D eigenvalue weighted by atomic mass is 10.1. The minimum absolute atomic E-state index is 0.288. The van der Waals surface area contributed by atoms with Crippen LogP contribution in [0.5, 0.6) is 0 Å². The Morgan fingerprint density at radius 1 is 1.07 bits per heavy atom. The predicted molar refractivity (Wildman–Crippen MR) is 109 cm³/mol. The van der Waals surface area contributed by atoms with Crippen molar-refractivity contribution in [3.05, 3.63) is 69.6 Å². The number of benzene rings is 2. The highest BCUT2D eigenvalue weighted by Gasteiger charge is 2.36. The lowest BCUT2D eigenvalue weighted by Crippen LogP contribution is -2.33.